The molecule has 7 heteroatoms. The Morgan fingerprint density at radius 3 is 2.63 bits per heavy atom. The van der Waals surface area contributed by atoms with Crippen LogP contribution in [0.4, 0.5) is 0 Å². The van der Waals surface area contributed by atoms with Crippen LogP contribution in [0.3, 0.4) is 0 Å². The Balaban J connectivity index is 1.80. The molecule has 1 aliphatic rings. The third kappa shape index (κ3) is 6.24. The van der Waals surface area contributed by atoms with Crippen molar-refractivity contribution in [2.24, 2.45) is 5.92 Å². The minimum absolute atomic E-state index is 0.0430. The lowest BCUT2D eigenvalue weighted by Crippen LogP contribution is -2.35. The highest BCUT2D eigenvalue weighted by atomic mass is 35.5. The van der Waals surface area contributed by atoms with E-state index in [-0.39, 0.29) is 30.7 Å². The zero-order valence-corrected chi connectivity index (χ0v) is 16.4. The van der Waals surface area contributed by atoms with E-state index in [1.54, 1.807) is 24.1 Å². The van der Waals surface area contributed by atoms with Crippen LogP contribution in [-0.2, 0) is 14.4 Å². The van der Waals surface area contributed by atoms with E-state index in [2.05, 4.69) is 5.32 Å². The molecule has 0 aromatic heterocycles. The predicted molar refractivity (Wildman–Crippen MR) is 103 cm³/mol. The van der Waals surface area contributed by atoms with E-state index in [0.717, 1.165) is 31.2 Å². The molecule has 0 saturated carbocycles. The van der Waals surface area contributed by atoms with Crippen LogP contribution >= 0.6 is 11.6 Å². The number of unbranched alkanes of at least 4 members (excludes halogenated alkanes) is 4. The summed E-state index contributed by atoms with van der Waals surface area (Å²) in [6.07, 6.45) is 4.75. The van der Waals surface area contributed by atoms with Crippen LogP contribution < -0.4 is 5.32 Å². The molecule has 2 rings (SSSR count). The Hall–Kier alpha value is -2.08. The first-order chi connectivity index (χ1) is 12.9. The Kier molecular flexibility index (Phi) is 8.10. The van der Waals surface area contributed by atoms with Gasteiger partial charge in [-0.1, -0.05) is 43.0 Å². The molecule has 2 N–H and O–H groups in total. The van der Waals surface area contributed by atoms with Gasteiger partial charge in [0, 0.05) is 31.5 Å². The summed E-state index contributed by atoms with van der Waals surface area (Å²) >= 11 is 6.07. The number of hydrogen-bond donors (Lipinski definition) is 2. The van der Waals surface area contributed by atoms with Crippen LogP contribution in [0.1, 0.15) is 56.6 Å². The van der Waals surface area contributed by atoms with Crippen molar-refractivity contribution >= 4 is 29.4 Å². The van der Waals surface area contributed by atoms with Gasteiger partial charge in [0.25, 0.3) is 0 Å². The molecule has 2 unspecified atom stereocenters. The smallest absolute Gasteiger partial charge is 0.303 e. The first kappa shape index (κ1) is 21.2. The number of benzene rings is 1. The summed E-state index contributed by atoms with van der Waals surface area (Å²) in [5.74, 6) is -1.33. The maximum Gasteiger partial charge on any atom is 0.303 e. The fourth-order valence-electron chi connectivity index (χ4n) is 3.53. The number of nitrogens with zero attached hydrogens (tertiary/aromatic N) is 1. The minimum Gasteiger partial charge on any atom is -0.481 e. The summed E-state index contributed by atoms with van der Waals surface area (Å²) < 4.78 is 0. The van der Waals surface area contributed by atoms with Gasteiger partial charge in [-0.05, 0) is 30.5 Å². The van der Waals surface area contributed by atoms with E-state index >= 15 is 0 Å². The van der Waals surface area contributed by atoms with Crippen LogP contribution in [0.5, 0.6) is 0 Å². The second-order valence-corrected chi connectivity index (χ2v) is 7.45. The van der Waals surface area contributed by atoms with E-state index in [1.807, 2.05) is 12.1 Å². The molecule has 2 atom stereocenters. The molecule has 1 aliphatic heterocycles. The average Bonchev–Trinajstić information content (AvgIpc) is 2.92. The van der Waals surface area contributed by atoms with E-state index in [0.29, 0.717) is 18.0 Å². The lowest BCUT2D eigenvalue weighted by atomic mass is 9.93. The fourth-order valence-corrected chi connectivity index (χ4v) is 3.72. The van der Waals surface area contributed by atoms with Gasteiger partial charge in [0.1, 0.15) is 0 Å². The zero-order valence-electron chi connectivity index (χ0n) is 15.6. The summed E-state index contributed by atoms with van der Waals surface area (Å²) in [4.78, 5) is 36.9. The van der Waals surface area contributed by atoms with Gasteiger partial charge < -0.3 is 15.3 Å². The van der Waals surface area contributed by atoms with Crippen LogP contribution in [0.25, 0.3) is 0 Å². The number of likely N-dealkylation sites (tertiary alicyclic amines) is 1. The lowest BCUT2D eigenvalue weighted by Gasteiger charge is -2.25. The van der Waals surface area contributed by atoms with E-state index in [1.165, 1.54) is 0 Å². The largest absolute Gasteiger partial charge is 0.481 e. The van der Waals surface area contributed by atoms with Crippen molar-refractivity contribution in [1.29, 1.82) is 0 Å². The topological polar surface area (TPSA) is 86.7 Å². The number of halogens is 1. The summed E-state index contributed by atoms with van der Waals surface area (Å²) in [5.41, 5.74) is 0.870. The number of amides is 2. The van der Waals surface area contributed by atoms with E-state index < -0.39 is 11.9 Å². The molecule has 0 spiro atoms. The molecule has 0 bridgehead atoms. The maximum absolute atomic E-state index is 12.6. The Labute approximate surface area is 164 Å². The van der Waals surface area contributed by atoms with Crippen LogP contribution in [-0.4, -0.2) is 41.4 Å². The summed E-state index contributed by atoms with van der Waals surface area (Å²) in [7, 11) is 1.72. The van der Waals surface area contributed by atoms with Gasteiger partial charge in [0.05, 0.1) is 12.0 Å². The normalized spacial score (nSPS) is 19.3. The van der Waals surface area contributed by atoms with Gasteiger partial charge in [-0.2, -0.15) is 0 Å². The van der Waals surface area contributed by atoms with Gasteiger partial charge in [0.15, 0.2) is 0 Å². The van der Waals surface area contributed by atoms with Crippen LogP contribution in [0.15, 0.2) is 24.3 Å². The van der Waals surface area contributed by atoms with Crippen molar-refractivity contribution in [3.05, 3.63) is 34.9 Å². The number of rotatable bonds is 10. The van der Waals surface area contributed by atoms with Crippen molar-refractivity contribution in [1.82, 2.24) is 10.2 Å². The molecule has 2 amide bonds. The molecular weight excluding hydrogens is 368 g/mol. The third-order valence-electron chi connectivity index (χ3n) is 4.98. The van der Waals surface area contributed by atoms with Crippen molar-refractivity contribution in [2.45, 2.75) is 51.0 Å². The van der Waals surface area contributed by atoms with Crippen molar-refractivity contribution in [3.8, 4) is 0 Å². The molecular formula is C20H27ClN2O4. The number of nitrogens with one attached hydrogen (secondary N) is 1. The minimum atomic E-state index is -0.757. The third-order valence-corrected chi connectivity index (χ3v) is 5.22. The molecule has 0 radical (unpaired) electrons. The summed E-state index contributed by atoms with van der Waals surface area (Å²) in [5, 5.41) is 12.1. The standard InChI is InChI=1S/C20H27ClN2O4/c1-23-17(24)13-16(19(23)14-8-7-9-15(21)12-14)20(27)22-11-6-4-2-3-5-10-18(25)26/h7-9,12,16,19H,2-6,10-11,13H2,1H3,(H,22,27)(H,25,26). The summed E-state index contributed by atoms with van der Waals surface area (Å²) in [6, 6.07) is 7.00. The van der Waals surface area contributed by atoms with Gasteiger partial charge in [0.2, 0.25) is 11.8 Å². The zero-order chi connectivity index (χ0) is 19.8. The Morgan fingerprint density at radius 1 is 1.22 bits per heavy atom. The van der Waals surface area contributed by atoms with E-state index in [4.69, 9.17) is 16.7 Å². The molecule has 1 saturated heterocycles. The SMILES string of the molecule is CN1C(=O)CC(C(=O)NCCCCCCCC(=O)O)C1c1cccc(Cl)c1. The number of carboxylic acid groups (broad SMARTS) is 1. The average molecular weight is 395 g/mol. The molecule has 0 aliphatic carbocycles. The number of hydrogen-bond acceptors (Lipinski definition) is 3. The van der Waals surface area contributed by atoms with Crippen molar-refractivity contribution < 1.29 is 19.5 Å². The van der Waals surface area contributed by atoms with Crippen molar-refractivity contribution in [2.75, 3.05) is 13.6 Å². The number of carbonyl (C=O) groups is 3. The monoisotopic (exact) mass is 394 g/mol. The first-order valence-corrected chi connectivity index (χ1v) is 9.78. The highest BCUT2D eigenvalue weighted by Crippen LogP contribution is 2.37. The van der Waals surface area contributed by atoms with E-state index in [9.17, 15) is 14.4 Å². The Bertz CT molecular complexity index is 680. The van der Waals surface area contributed by atoms with Gasteiger partial charge in [-0.3, -0.25) is 14.4 Å². The van der Waals surface area contributed by atoms with Gasteiger partial charge >= 0.3 is 5.97 Å². The molecule has 1 aromatic rings. The summed E-state index contributed by atoms with van der Waals surface area (Å²) in [6.45, 7) is 0.564. The number of carboxylic acids is 1. The first-order valence-electron chi connectivity index (χ1n) is 9.40. The molecule has 1 fully saturated rings. The molecule has 6 nitrogen and oxygen atoms in total. The van der Waals surface area contributed by atoms with Crippen molar-refractivity contribution in [3.63, 3.8) is 0 Å². The number of carbonyl (C=O) groups excluding carboxylic acids is 2. The second-order valence-electron chi connectivity index (χ2n) is 7.02. The maximum atomic E-state index is 12.6. The molecule has 148 valence electrons. The highest BCUT2D eigenvalue weighted by molar-refractivity contribution is 6.30. The Morgan fingerprint density at radius 2 is 1.93 bits per heavy atom. The quantitative estimate of drug-likeness (QED) is 0.595. The molecule has 1 aromatic carbocycles. The number of aliphatic carboxylic acids is 1. The van der Waals surface area contributed by atoms with Gasteiger partial charge in [-0.15, -0.1) is 0 Å². The molecule has 1 heterocycles. The second kappa shape index (κ2) is 10.3. The fraction of sp³-hybridized carbons (Fsp3) is 0.550. The highest BCUT2D eigenvalue weighted by Gasteiger charge is 2.42. The van der Waals surface area contributed by atoms with Crippen LogP contribution in [0.2, 0.25) is 5.02 Å². The predicted octanol–water partition coefficient (Wildman–Crippen LogP) is 3.40. The molecule has 27 heavy (non-hydrogen) atoms. The van der Waals surface area contributed by atoms with Crippen LogP contribution in [0, 0.1) is 5.92 Å². The lowest BCUT2D eigenvalue weighted by molar-refractivity contribution is -0.137. The van der Waals surface area contributed by atoms with Gasteiger partial charge in [-0.25, -0.2) is 0 Å².